The average Bonchev–Trinajstić information content (AvgIpc) is 2.06. The van der Waals surface area contributed by atoms with Crippen LogP contribution in [-0.4, -0.2) is 65.3 Å². The lowest BCUT2D eigenvalue weighted by atomic mass is 10.4. The van der Waals surface area contributed by atoms with Crippen molar-refractivity contribution in [2.75, 3.05) is 45.5 Å². The van der Waals surface area contributed by atoms with E-state index in [1.807, 2.05) is 0 Å². The van der Waals surface area contributed by atoms with E-state index in [4.69, 9.17) is 26.9 Å². The summed E-state index contributed by atoms with van der Waals surface area (Å²) in [5.74, 6) is 0. The molecule has 0 saturated carbocycles. The van der Waals surface area contributed by atoms with Crippen molar-refractivity contribution >= 4 is 11.6 Å². The Morgan fingerprint density at radius 3 is 1.33 bits per heavy atom. The summed E-state index contributed by atoms with van der Waals surface area (Å²) in [6.45, 7) is 1.49. The molecule has 0 aromatic rings. The number of quaternary nitrogens is 1. The molecule has 5 heteroatoms. The van der Waals surface area contributed by atoms with Gasteiger partial charge in [-0.1, -0.05) is 11.6 Å². The van der Waals surface area contributed by atoms with Crippen LogP contribution in [0.1, 0.15) is 0 Å². The normalized spacial score (nSPS) is 12.0. The standard InChI is InChI=1S/C7H17ClNO3/c8-7-9(1-4-10,2-5-11)3-6-12/h10-12H,1-7H2/q+1. The number of nitrogens with zero attached hydrogens (tertiary/aromatic N) is 1. The zero-order valence-electron chi connectivity index (χ0n) is 7.12. The van der Waals surface area contributed by atoms with Crippen LogP contribution in [0.3, 0.4) is 0 Å². The van der Waals surface area contributed by atoms with Crippen molar-refractivity contribution in [1.29, 1.82) is 0 Å². The Morgan fingerprint density at radius 1 is 0.833 bits per heavy atom. The van der Waals surface area contributed by atoms with Gasteiger partial charge in [0.25, 0.3) is 0 Å². The number of alkyl halides is 1. The summed E-state index contributed by atoms with van der Waals surface area (Å²) in [5, 5.41) is 26.2. The molecule has 0 rings (SSSR count). The van der Waals surface area contributed by atoms with Gasteiger partial charge in [-0.2, -0.15) is 0 Å². The summed E-state index contributed by atoms with van der Waals surface area (Å²) in [6.07, 6.45) is 0. The molecule has 0 saturated heterocycles. The van der Waals surface area contributed by atoms with Gasteiger partial charge in [-0.3, -0.25) is 0 Å². The molecule has 0 aliphatic carbocycles. The smallest absolute Gasteiger partial charge is 0.155 e. The molecule has 0 aromatic heterocycles. The number of aliphatic hydroxyl groups is 3. The van der Waals surface area contributed by atoms with Crippen LogP contribution in [0, 0.1) is 0 Å². The molecule has 3 N–H and O–H groups in total. The van der Waals surface area contributed by atoms with Crippen molar-refractivity contribution < 1.29 is 19.8 Å². The van der Waals surface area contributed by atoms with Crippen molar-refractivity contribution in [3.8, 4) is 0 Å². The van der Waals surface area contributed by atoms with Crippen LogP contribution in [0.4, 0.5) is 0 Å². The first-order valence-corrected chi connectivity index (χ1v) is 4.52. The van der Waals surface area contributed by atoms with Crippen molar-refractivity contribution in [1.82, 2.24) is 0 Å². The first-order chi connectivity index (χ1) is 5.74. The van der Waals surface area contributed by atoms with Crippen molar-refractivity contribution in [2.45, 2.75) is 0 Å². The minimum absolute atomic E-state index is 0.0206. The van der Waals surface area contributed by atoms with Crippen LogP contribution in [0.15, 0.2) is 0 Å². The van der Waals surface area contributed by atoms with Crippen LogP contribution in [-0.2, 0) is 0 Å². The molecule has 74 valence electrons. The first kappa shape index (κ1) is 12.1. The summed E-state index contributed by atoms with van der Waals surface area (Å²) >= 11 is 5.70. The molecular weight excluding hydrogens is 182 g/mol. The quantitative estimate of drug-likeness (QED) is 0.279. The zero-order chi connectivity index (χ0) is 9.45. The number of hydrogen-bond acceptors (Lipinski definition) is 3. The molecule has 0 fully saturated rings. The Kier molecular flexibility index (Phi) is 6.70. The van der Waals surface area contributed by atoms with Crippen LogP contribution >= 0.6 is 11.6 Å². The third-order valence-electron chi connectivity index (χ3n) is 1.98. The zero-order valence-corrected chi connectivity index (χ0v) is 7.87. The first-order valence-electron chi connectivity index (χ1n) is 3.98. The van der Waals surface area contributed by atoms with E-state index in [1.54, 1.807) is 0 Å². The lowest BCUT2D eigenvalue weighted by Crippen LogP contribution is -2.52. The summed E-state index contributed by atoms with van der Waals surface area (Å²) in [7, 11) is 0. The van der Waals surface area contributed by atoms with Gasteiger partial charge < -0.3 is 19.8 Å². The highest BCUT2D eigenvalue weighted by atomic mass is 35.5. The Bertz CT molecular complexity index is 95.8. The van der Waals surface area contributed by atoms with E-state index in [2.05, 4.69) is 0 Å². The van der Waals surface area contributed by atoms with Gasteiger partial charge in [0.1, 0.15) is 19.6 Å². The number of rotatable bonds is 7. The fourth-order valence-corrected chi connectivity index (χ4v) is 1.51. The fourth-order valence-electron chi connectivity index (χ4n) is 1.15. The van der Waals surface area contributed by atoms with E-state index in [9.17, 15) is 0 Å². The van der Waals surface area contributed by atoms with E-state index >= 15 is 0 Å². The van der Waals surface area contributed by atoms with E-state index in [0.717, 1.165) is 0 Å². The molecule has 0 amide bonds. The maximum Gasteiger partial charge on any atom is 0.155 e. The maximum absolute atomic E-state index is 8.75. The molecule has 0 atom stereocenters. The van der Waals surface area contributed by atoms with Gasteiger partial charge in [-0.05, 0) is 0 Å². The molecule has 0 unspecified atom stereocenters. The maximum atomic E-state index is 8.75. The van der Waals surface area contributed by atoms with Gasteiger partial charge in [0.15, 0.2) is 6.00 Å². The van der Waals surface area contributed by atoms with Crippen molar-refractivity contribution in [3.05, 3.63) is 0 Å². The Labute approximate surface area is 77.6 Å². The van der Waals surface area contributed by atoms with Gasteiger partial charge in [0.05, 0.1) is 19.8 Å². The van der Waals surface area contributed by atoms with Gasteiger partial charge in [-0.25, -0.2) is 0 Å². The molecule has 0 heterocycles. The number of aliphatic hydroxyl groups excluding tert-OH is 3. The van der Waals surface area contributed by atoms with Gasteiger partial charge >= 0.3 is 0 Å². The highest BCUT2D eigenvalue weighted by Crippen LogP contribution is 2.06. The second kappa shape index (κ2) is 6.62. The molecule has 0 aliphatic rings. The topological polar surface area (TPSA) is 60.7 Å². The third-order valence-corrected chi connectivity index (χ3v) is 2.48. The molecule has 0 bridgehead atoms. The summed E-state index contributed by atoms with van der Waals surface area (Å²) in [6, 6.07) is 0.307. The summed E-state index contributed by atoms with van der Waals surface area (Å²) in [5.41, 5.74) is 0. The number of halogens is 1. The molecule has 0 radical (unpaired) electrons. The van der Waals surface area contributed by atoms with Gasteiger partial charge in [0, 0.05) is 0 Å². The van der Waals surface area contributed by atoms with Crippen LogP contribution in [0.5, 0.6) is 0 Å². The predicted molar refractivity (Wildman–Crippen MR) is 46.8 cm³/mol. The molecule has 0 spiro atoms. The fraction of sp³-hybridized carbons (Fsp3) is 1.00. The van der Waals surface area contributed by atoms with E-state index in [1.165, 1.54) is 0 Å². The van der Waals surface area contributed by atoms with Crippen LogP contribution in [0.25, 0.3) is 0 Å². The molecule has 4 nitrogen and oxygen atoms in total. The highest BCUT2D eigenvalue weighted by Gasteiger charge is 2.24. The van der Waals surface area contributed by atoms with Gasteiger partial charge in [0.2, 0.25) is 0 Å². The lowest BCUT2D eigenvalue weighted by molar-refractivity contribution is -0.918. The number of hydrogen-bond donors (Lipinski definition) is 3. The minimum Gasteiger partial charge on any atom is -0.391 e. The van der Waals surface area contributed by atoms with Crippen LogP contribution in [0.2, 0.25) is 0 Å². The predicted octanol–water partition coefficient (Wildman–Crippen LogP) is -1.02. The molecule has 0 aliphatic heterocycles. The summed E-state index contributed by atoms with van der Waals surface area (Å²) in [4.78, 5) is 0. The molecular formula is C7H17ClNO3+. The third kappa shape index (κ3) is 3.69. The summed E-state index contributed by atoms with van der Waals surface area (Å²) < 4.78 is 0.366. The van der Waals surface area contributed by atoms with Crippen molar-refractivity contribution in [2.24, 2.45) is 0 Å². The lowest BCUT2D eigenvalue weighted by Gasteiger charge is -2.34. The molecule has 12 heavy (non-hydrogen) atoms. The van der Waals surface area contributed by atoms with E-state index < -0.39 is 0 Å². The second-order valence-corrected chi connectivity index (χ2v) is 3.04. The van der Waals surface area contributed by atoms with Gasteiger partial charge in [-0.15, -0.1) is 0 Å². The SMILES string of the molecule is OCC[N+](CCl)(CCO)CCO. The average molecular weight is 199 g/mol. The monoisotopic (exact) mass is 198 g/mol. The Hall–Kier alpha value is 0.130. The highest BCUT2D eigenvalue weighted by molar-refractivity contribution is 6.16. The van der Waals surface area contributed by atoms with Crippen molar-refractivity contribution in [3.63, 3.8) is 0 Å². The Balaban J connectivity index is 4.06. The molecule has 0 aromatic carbocycles. The second-order valence-electron chi connectivity index (χ2n) is 2.80. The largest absolute Gasteiger partial charge is 0.391 e. The Morgan fingerprint density at radius 2 is 1.17 bits per heavy atom. The minimum atomic E-state index is 0.0206. The van der Waals surface area contributed by atoms with Crippen LogP contribution < -0.4 is 0 Å². The van der Waals surface area contributed by atoms with E-state index in [0.29, 0.717) is 30.1 Å². The van der Waals surface area contributed by atoms with E-state index in [-0.39, 0.29) is 19.8 Å².